The van der Waals surface area contributed by atoms with Gasteiger partial charge in [0.25, 0.3) is 0 Å². The predicted molar refractivity (Wildman–Crippen MR) is 65.8 cm³/mol. The highest BCUT2D eigenvalue weighted by molar-refractivity contribution is 6.30. The molecule has 0 saturated heterocycles. The Labute approximate surface area is 103 Å². The largest absolute Gasteiger partial charge is 0.354 e. The number of rotatable bonds is 2. The molecule has 1 N–H and O–H groups in total. The molecule has 4 heteroatoms. The van der Waals surface area contributed by atoms with Crippen LogP contribution in [0.1, 0.15) is 5.56 Å². The quantitative estimate of drug-likeness (QED) is 0.866. The standard InChI is InChI=1S/C13H8ClFN2/c14-10-5-4-9(8-16)13(6-10)17-12-3-1-2-11(15)7-12/h1-7,17H. The Morgan fingerprint density at radius 2 is 2.00 bits per heavy atom. The van der Waals surface area contributed by atoms with Crippen LogP contribution < -0.4 is 5.32 Å². The summed E-state index contributed by atoms with van der Waals surface area (Å²) in [6, 6.07) is 12.9. The molecule has 2 aromatic rings. The molecule has 0 aliphatic carbocycles. The van der Waals surface area contributed by atoms with Crippen molar-refractivity contribution in [2.24, 2.45) is 0 Å². The molecule has 84 valence electrons. The van der Waals surface area contributed by atoms with Crippen LogP contribution in [0.4, 0.5) is 15.8 Å². The number of hydrogen-bond donors (Lipinski definition) is 1. The average molecular weight is 247 g/mol. The van der Waals surface area contributed by atoms with Crippen molar-refractivity contribution in [2.45, 2.75) is 0 Å². The molecule has 0 unspecified atom stereocenters. The maximum atomic E-state index is 13.0. The highest BCUT2D eigenvalue weighted by atomic mass is 35.5. The number of nitriles is 1. The summed E-state index contributed by atoms with van der Waals surface area (Å²) in [6.45, 7) is 0. The molecule has 0 atom stereocenters. The summed E-state index contributed by atoms with van der Waals surface area (Å²) in [6.07, 6.45) is 0. The molecule has 0 bridgehead atoms. The first-order valence-corrected chi connectivity index (χ1v) is 5.29. The molecule has 0 amide bonds. The molecule has 0 radical (unpaired) electrons. The van der Waals surface area contributed by atoms with Crippen LogP contribution in [0, 0.1) is 17.1 Å². The number of nitrogens with one attached hydrogen (secondary N) is 1. The third-order valence-electron chi connectivity index (χ3n) is 2.21. The van der Waals surface area contributed by atoms with Gasteiger partial charge >= 0.3 is 0 Å². The van der Waals surface area contributed by atoms with Gasteiger partial charge in [0.2, 0.25) is 0 Å². The molecule has 2 aromatic carbocycles. The van der Waals surface area contributed by atoms with Crippen LogP contribution in [0.15, 0.2) is 42.5 Å². The zero-order valence-corrected chi connectivity index (χ0v) is 9.50. The van der Waals surface area contributed by atoms with Gasteiger partial charge in [-0.05, 0) is 36.4 Å². The van der Waals surface area contributed by atoms with Crippen molar-refractivity contribution in [1.82, 2.24) is 0 Å². The number of halogens is 2. The molecule has 2 rings (SSSR count). The van der Waals surface area contributed by atoms with Crippen molar-refractivity contribution in [3.8, 4) is 6.07 Å². The Morgan fingerprint density at radius 1 is 1.18 bits per heavy atom. The number of anilines is 2. The van der Waals surface area contributed by atoms with E-state index in [4.69, 9.17) is 16.9 Å². The summed E-state index contributed by atoms with van der Waals surface area (Å²) in [5.74, 6) is -0.337. The van der Waals surface area contributed by atoms with Crippen LogP contribution in [0.25, 0.3) is 0 Å². The van der Waals surface area contributed by atoms with E-state index in [0.717, 1.165) is 0 Å². The fourth-order valence-corrected chi connectivity index (χ4v) is 1.61. The third-order valence-corrected chi connectivity index (χ3v) is 2.44. The maximum Gasteiger partial charge on any atom is 0.125 e. The van der Waals surface area contributed by atoms with Crippen LogP contribution in [-0.2, 0) is 0 Å². The number of benzene rings is 2. The van der Waals surface area contributed by atoms with Crippen LogP contribution in [0.5, 0.6) is 0 Å². The Hall–Kier alpha value is -2.05. The van der Waals surface area contributed by atoms with Gasteiger partial charge in [0.05, 0.1) is 11.3 Å². The second-order valence-corrected chi connectivity index (χ2v) is 3.87. The number of nitrogens with zero attached hydrogens (tertiary/aromatic N) is 1. The van der Waals surface area contributed by atoms with Crippen molar-refractivity contribution in [3.63, 3.8) is 0 Å². The number of hydrogen-bond acceptors (Lipinski definition) is 2. The summed E-state index contributed by atoms with van der Waals surface area (Å²) < 4.78 is 13.0. The van der Waals surface area contributed by atoms with E-state index >= 15 is 0 Å². The topological polar surface area (TPSA) is 35.8 Å². The summed E-state index contributed by atoms with van der Waals surface area (Å²) in [5.41, 5.74) is 1.59. The van der Waals surface area contributed by atoms with Gasteiger partial charge in [-0.1, -0.05) is 17.7 Å². The molecule has 0 heterocycles. The molecule has 2 nitrogen and oxygen atoms in total. The first kappa shape index (κ1) is 11.4. The predicted octanol–water partition coefficient (Wildman–Crippen LogP) is 4.09. The van der Waals surface area contributed by atoms with E-state index in [1.807, 2.05) is 6.07 Å². The van der Waals surface area contributed by atoms with Crippen molar-refractivity contribution in [2.75, 3.05) is 5.32 Å². The van der Waals surface area contributed by atoms with Gasteiger partial charge in [-0.3, -0.25) is 0 Å². The fourth-order valence-electron chi connectivity index (χ4n) is 1.44. The first-order valence-electron chi connectivity index (χ1n) is 4.91. The second-order valence-electron chi connectivity index (χ2n) is 3.44. The summed E-state index contributed by atoms with van der Waals surface area (Å²) in [7, 11) is 0. The molecule has 0 aliphatic heterocycles. The highest BCUT2D eigenvalue weighted by Gasteiger charge is 2.03. The van der Waals surface area contributed by atoms with Crippen LogP contribution in [-0.4, -0.2) is 0 Å². The van der Waals surface area contributed by atoms with Crippen molar-refractivity contribution in [3.05, 3.63) is 58.9 Å². The normalized spacial score (nSPS) is 9.71. The van der Waals surface area contributed by atoms with E-state index in [0.29, 0.717) is 22.0 Å². The van der Waals surface area contributed by atoms with E-state index < -0.39 is 0 Å². The summed E-state index contributed by atoms with van der Waals surface area (Å²) >= 11 is 5.85. The molecule has 17 heavy (non-hydrogen) atoms. The molecule has 0 saturated carbocycles. The lowest BCUT2D eigenvalue weighted by atomic mass is 10.2. The molecule has 0 fully saturated rings. The van der Waals surface area contributed by atoms with E-state index in [2.05, 4.69) is 5.32 Å². The monoisotopic (exact) mass is 246 g/mol. The van der Waals surface area contributed by atoms with Crippen LogP contribution >= 0.6 is 11.6 Å². The van der Waals surface area contributed by atoms with E-state index in [1.165, 1.54) is 12.1 Å². The van der Waals surface area contributed by atoms with Crippen molar-refractivity contribution in [1.29, 1.82) is 5.26 Å². The van der Waals surface area contributed by atoms with Crippen LogP contribution in [0.3, 0.4) is 0 Å². The third kappa shape index (κ3) is 2.74. The lowest BCUT2D eigenvalue weighted by molar-refractivity contribution is 0.628. The Bertz CT molecular complexity index is 590. The molecule has 0 spiro atoms. The maximum absolute atomic E-state index is 13.0. The minimum Gasteiger partial charge on any atom is -0.354 e. The Morgan fingerprint density at radius 3 is 2.71 bits per heavy atom. The highest BCUT2D eigenvalue weighted by Crippen LogP contribution is 2.24. The smallest absolute Gasteiger partial charge is 0.125 e. The van der Waals surface area contributed by atoms with E-state index in [-0.39, 0.29) is 5.82 Å². The van der Waals surface area contributed by atoms with Crippen molar-refractivity contribution >= 4 is 23.0 Å². The van der Waals surface area contributed by atoms with Gasteiger partial charge in [0, 0.05) is 10.7 Å². The summed E-state index contributed by atoms with van der Waals surface area (Å²) in [5, 5.41) is 12.4. The minimum atomic E-state index is -0.337. The van der Waals surface area contributed by atoms with Gasteiger partial charge in [-0.15, -0.1) is 0 Å². The molecule has 0 aromatic heterocycles. The minimum absolute atomic E-state index is 0.337. The molecular weight excluding hydrogens is 239 g/mol. The van der Waals surface area contributed by atoms with Gasteiger partial charge < -0.3 is 5.32 Å². The Balaban J connectivity index is 2.36. The lowest BCUT2D eigenvalue weighted by Crippen LogP contribution is -1.94. The van der Waals surface area contributed by atoms with E-state index in [1.54, 1.807) is 30.3 Å². The van der Waals surface area contributed by atoms with Crippen LogP contribution in [0.2, 0.25) is 5.02 Å². The van der Waals surface area contributed by atoms with Gasteiger partial charge in [-0.2, -0.15) is 5.26 Å². The molecular formula is C13H8ClFN2. The zero-order chi connectivity index (χ0) is 12.3. The van der Waals surface area contributed by atoms with Gasteiger partial charge in [0.15, 0.2) is 0 Å². The second kappa shape index (κ2) is 4.86. The lowest BCUT2D eigenvalue weighted by Gasteiger charge is -2.08. The first-order chi connectivity index (χ1) is 8.19. The van der Waals surface area contributed by atoms with Gasteiger partial charge in [0.1, 0.15) is 11.9 Å². The SMILES string of the molecule is N#Cc1ccc(Cl)cc1Nc1cccc(F)c1. The Kier molecular flexibility index (Phi) is 3.27. The van der Waals surface area contributed by atoms with Gasteiger partial charge in [-0.25, -0.2) is 4.39 Å². The van der Waals surface area contributed by atoms with Crippen molar-refractivity contribution < 1.29 is 4.39 Å². The fraction of sp³-hybridized carbons (Fsp3) is 0. The van der Waals surface area contributed by atoms with E-state index in [9.17, 15) is 4.39 Å². The zero-order valence-electron chi connectivity index (χ0n) is 8.74. The molecule has 0 aliphatic rings. The summed E-state index contributed by atoms with van der Waals surface area (Å²) in [4.78, 5) is 0. The average Bonchev–Trinajstić information content (AvgIpc) is 2.29.